The van der Waals surface area contributed by atoms with Crippen LogP contribution in [0.2, 0.25) is 0 Å². The molecule has 0 spiro atoms. The largest absolute Gasteiger partial charge is 0.342 e. The third-order valence-electron chi connectivity index (χ3n) is 3.56. The summed E-state index contributed by atoms with van der Waals surface area (Å²) in [5, 5.41) is 0. The Morgan fingerprint density at radius 3 is 2.30 bits per heavy atom. The topological polar surface area (TPSA) is 54.5 Å². The first-order valence-electron chi connectivity index (χ1n) is 7.00. The van der Waals surface area contributed by atoms with Crippen LogP contribution in [0.4, 0.5) is 0 Å². The van der Waals surface area contributed by atoms with E-state index in [9.17, 15) is 13.2 Å². The molecule has 0 bridgehead atoms. The molecule has 20 heavy (non-hydrogen) atoms. The van der Waals surface area contributed by atoms with Crippen LogP contribution in [0.1, 0.15) is 30.4 Å². The Bertz CT molecular complexity index is 557. The van der Waals surface area contributed by atoms with Crippen LogP contribution >= 0.6 is 0 Å². The first kappa shape index (κ1) is 15.0. The average Bonchev–Trinajstić information content (AvgIpc) is 2.41. The van der Waals surface area contributed by atoms with E-state index in [2.05, 4.69) is 0 Å². The molecule has 0 atom stereocenters. The molecule has 0 saturated carbocycles. The van der Waals surface area contributed by atoms with E-state index in [0.717, 1.165) is 30.4 Å². The summed E-state index contributed by atoms with van der Waals surface area (Å²) in [4.78, 5) is 13.7. The summed E-state index contributed by atoms with van der Waals surface area (Å²) in [6.45, 7) is 3.34. The molecule has 2 rings (SSSR count). The summed E-state index contributed by atoms with van der Waals surface area (Å²) < 4.78 is 24.2. The lowest BCUT2D eigenvalue weighted by Crippen LogP contribution is -2.39. The van der Waals surface area contributed by atoms with E-state index in [1.165, 1.54) is 0 Å². The second-order valence-electron chi connectivity index (χ2n) is 5.46. The molecular formula is C15H21NO3S. The van der Waals surface area contributed by atoms with E-state index in [0.29, 0.717) is 13.1 Å². The van der Waals surface area contributed by atoms with Gasteiger partial charge in [-0.1, -0.05) is 29.8 Å². The van der Waals surface area contributed by atoms with Gasteiger partial charge in [-0.05, 0) is 31.7 Å². The van der Waals surface area contributed by atoms with Gasteiger partial charge in [-0.3, -0.25) is 4.79 Å². The lowest BCUT2D eigenvalue weighted by atomic mass is 10.1. The number of carbonyl (C=O) groups excluding carboxylic acids is 1. The summed E-state index contributed by atoms with van der Waals surface area (Å²) in [7, 11) is -3.39. The number of rotatable bonds is 4. The second kappa shape index (κ2) is 6.39. The van der Waals surface area contributed by atoms with Gasteiger partial charge in [-0.15, -0.1) is 0 Å². The van der Waals surface area contributed by atoms with Crippen LogP contribution in [0.15, 0.2) is 24.3 Å². The highest BCUT2D eigenvalue weighted by molar-refractivity contribution is 7.91. The van der Waals surface area contributed by atoms with E-state index in [1.54, 1.807) is 17.0 Å². The molecule has 0 aliphatic carbocycles. The Balaban J connectivity index is 1.96. The van der Waals surface area contributed by atoms with Gasteiger partial charge in [0.15, 0.2) is 9.84 Å². The second-order valence-corrected chi connectivity index (χ2v) is 7.52. The van der Waals surface area contributed by atoms with Crippen LogP contribution < -0.4 is 0 Å². The van der Waals surface area contributed by atoms with Gasteiger partial charge in [0.2, 0.25) is 5.91 Å². The molecule has 1 saturated heterocycles. The molecule has 0 N–H and O–H groups in total. The van der Waals surface area contributed by atoms with Crippen molar-refractivity contribution >= 4 is 15.7 Å². The third-order valence-corrected chi connectivity index (χ3v) is 5.02. The lowest BCUT2D eigenvalue weighted by Gasteiger charge is -2.26. The van der Waals surface area contributed by atoms with Crippen LogP contribution in [-0.4, -0.2) is 38.1 Å². The first-order valence-corrected chi connectivity index (χ1v) is 8.82. The van der Waals surface area contributed by atoms with Gasteiger partial charge in [0.05, 0.1) is 5.75 Å². The number of aryl methyl sites for hydroxylation is 1. The molecule has 0 aromatic heterocycles. The van der Waals surface area contributed by atoms with Crippen molar-refractivity contribution in [2.75, 3.05) is 18.8 Å². The maximum atomic E-state index is 12.1. The number of hydrogen-bond donors (Lipinski definition) is 0. The zero-order valence-electron chi connectivity index (χ0n) is 11.8. The van der Waals surface area contributed by atoms with Gasteiger partial charge in [-0.25, -0.2) is 8.42 Å². The summed E-state index contributed by atoms with van der Waals surface area (Å²) in [6.07, 6.45) is 3.08. The molecule has 110 valence electrons. The first-order chi connectivity index (χ1) is 9.46. The van der Waals surface area contributed by atoms with Crippen molar-refractivity contribution < 1.29 is 13.2 Å². The van der Waals surface area contributed by atoms with E-state index in [1.807, 2.05) is 19.1 Å². The number of sulfone groups is 1. The molecule has 1 aromatic carbocycles. The number of hydrogen-bond acceptors (Lipinski definition) is 3. The summed E-state index contributed by atoms with van der Waals surface area (Å²) in [6, 6.07) is 7.38. The van der Waals surface area contributed by atoms with Crippen molar-refractivity contribution in [1.29, 1.82) is 0 Å². The smallest absolute Gasteiger partial charge is 0.237 e. The molecule has 4 nitrogen and oxygen atoms in total. The Labute approximate surface area is 120 Å². The van der Waals surface area contributed by atoms with Crippen molar-refractivity contribution in [3.63, 3.8) is 0 Å². The number of likely N-dealkylation sites (tertiary alicyclic amines) is 1. The highest BCUT2D eigenvalue weighted by atomic mass is 32.2. The minimum Gasteiger partial charge on any atom is -0.342 e. The minimum absolute atomic E-state index is 0.0626. The number of nitrogens with zero attached hydrogens (tertiary/aromatic N) is 1. The zero-order valence-corrected chi connectivity index (χ0v) is 12.7. The summed E-state index contributed by atoms with van der Waals surface area (Å²) in [5.41, 5.74) is 1.83. The molecule has 1 aliphatic heterocycles. The Morgan fingerprint density at radius 2 is 1.70 bits per heavy atom. The standard InChI is InChI=1S/C15H21NO3S/c1-13-5-7-14(8-6-13)11-20(18,19)12-15(17)16-9-3-2-4-10-16/h5-8H,2-4,9-12H2,1H3. The predicted octanol–water partition coefficient (Wildman–Crippen LogP) is 1.92. The fourth-order valence-corrected chi connectivity index (χ4v) is 3.77. The van der Waals surface area contributed by atoms with Crippen molar-refractivity contribution in [2.45, 2.75) is 31.9 Å². The van der Waals surface area contributed by atoms with Crippen LogP contribution in [-0.2, 0) is 20.4 Å². The van der Waals surface area contributed by atoms with E-state index in [-0.39, 0.29) is 17.4 Å². The van der Waals surface area contributed by atoms with Crippen molar-refractivity contribution in [2.24, 2.45) is 0 Å². The Morgan fingerprint density at radius 1 is 1.10 bits per heavy atom. The predicted molar refractivity (Wildman–Crippen MR) is 79.1 cm³/mol. The monoisotopic (exact) mass is 295 g/mol. The molecule has 0 radical (unpaired) electrons. The normalized spacial score (nSPS) is 16.1. The van der Waals surface area contributed by atoms with E-state index < -0.39 is 9.84 Å². The van der Waals surface area contributed by atoms with Crippen LogP contribution in [0.25, 0.3) is 0 Å². The van der Waals surface area contributed by atoms with Crippen molar-refractivity contribution in [3.05, 3.63) is 35.4 Å². The Hall–Kier alpha value is -1.36. The maximum absolute atomic E-state index is 12.1. The molecule has 0 unspecified atom stereocenters. The van der Waals surface area contributed by atoms with Gasteiger partial charge in [-0.2, -0.15) is 0 Å². The zero-order chi connectivity index (χ0) is 14.6. The molecule has 5 heteroatoms. The quantitative estimate of drug-likeness (QED) is 0.853. The SMILES string of the molecule is Cc1ccc(CS(=O)(=O)CC(=O)N2CCCCC2)cc1. The molecule has 1 amide bonds. The molecule has 1 aliphatic rings. The highest BCUT2D eigenvalue weighted by Gasteiger charge is 2.23. The Kier molecular flexibility index (Phi) is 4.81. The summed E-state index contributed by atoms with van der Waals surface area (Å²) in [5.74, 6) is -0.690. The van der Waals surface area contributed by atoms with Gasteiger partial charge < -0.3 is 4.90 Å². The van der Waals surface area contributed by atoms with Crippen LogP contribution in [0.5, 0.6) is 0 Å². The highest BCUT2D eigenvalue weighted by Crippen LogP contribution is 2.12. The fourth-order valence-electron chi connectivity index (χ4n) is 2.41. The van der Waals surface area contributed by atoms with Gasteiger partial charge in [0.1, 0.15) is 5.75 Å². The molecule has 1 fully saturated rings. The van der Waals surface area contributed by atoms with Gasteiger partial charge in [0.25, 0.3) is 0 Å². The molecule has 1 heterocycles. The van der Waals surface area contributed by atoms with Gasteiger partial charge >= 0.3 is 0 Å². The van der Waals surface area contributed by atoms with Crippen LogP contribution in [0, 0.1) is 6.92 Å². The number of amides is 1. The molecular weight excluding hydrogens is 274 g/mol. The molecule has 1 aromatic rings. The van der Waals surface area contributed by atoms with E-state index >= 15 is 0 Å². The van der Waals surface area contributed by atoms with E-state index in [4.69, 9.17) is 0 Å². The van der Waals surface area contributed by atoms with Crippen LogP contribution in [0.3, 0.4) is 0 Å². The summed E-state index contributed by atoms with van der Waals surface area (Å²) >= 11 is 0. The third kappa shape index (κ3) is 4.34. The maximum Gasteiger partial charge on any atom is 0.237 e. The number of carbonyl (C=O) groups is 1. The number of piperidine rings is 1. The average molecular weight is 295 g/mol. The van der Waals surface area contributed by atoms with Crippen molar-refractivity contribution in [3.8, 4) is 0 Å². The lowest BCUT2D eigenvalue weighted by molar-refractivity contribution is -0.129. The number of benzene rings is 1. The fraction of sp³-hybridized carbons (Fsp3) is 0.533. The van der Waals surface area contributed by atoms with Crippen molar-refractivity contribution in [1.82, 2.24) is 4.90 Å². The minimum atomic E-state index is -3.39. The van der Waals surface area contributed by atoms with Gasteiger partial charge in [0, 0.05) is 13.1 Å².